The average Bonchev–Trinajstić information content (AvgIpc) is 2.65. The van der Waals surface area contributed by atoms with E-state index >= 15 is 0 Å². The van der Waals surface area contributed by atoms with Crippen LogP contribution in [0, 0.1) is 0 Å². The second kappa shape index (κ2) is 13.3. The lowest BCUT2D eigenvalue weighted by Crippen LogP contribution is -2.42. The fourth-order valence-corrected chi connectivity index (χ4v) is 2.58. The first-order valence-electron chi connectivity index (χ1n) is 9.59. The summed E-state index contributed by atoms with van der Waals surface area (Å²) in [7, 11) is 1.61. The normalized spacial score (nSPS) is 12.6. The highest BCUT2D eigenvalue weighted by molar-refractivity contribution is 5.80. The van der Waals surface area contributed by atoms with E-state index in [1.165, 1.54) is 19.3 Å². The van der Waals surface area contributed by atoms with Crippen LogP contribution in [0.15, 0.2) is 23.2 Å². The van der Waals surface area contributed by atoms with Crippen molar-refractivity contribution >= 4 is 5.96 Å². The molecule has 0 spiro atoms. The van der Waals surface area contributed by atoms with Crippen LogP contribution in [0.3, 0.4) is 0 Å². The summed E-state index contributed by atoms with van der Waals surface area (Å²) >= 11 is 0. The number of aliphatic hydroxyl groups excluding tert-OH is 1. The minimum Gasteiger partial charge on any atom is -0.493 e. The summed E-state index contributed by atoms with van der Waals surface area (Å²) in [5.41, 5.74) is 1.04. The molecule has 1 aromatic rings. The molecule has 0 aliphatic carbocycles. The van der Waals surface area contributed by atoms with Gasteiger partial charge in [-0.15, -0.1) is 0 Å². The SMILES string of the molecule is CCCCCC(C)NC(=NCc1ccc(OCCO)c(OC)c1)NCC. The highest BCUT2D eigenvalue weighted by Crippen LogP contribution is 2.28. The fraction of sp³-hybridized carbons (Fsp3) is 0.650. The predicted molar refractivity (Wildman–Crippen MR) is 107 cm³/mol. The van der Waals surface area contributed by atoms with Crippen molar-refractivity contribution in [2.75, 3.05) is 26.9 Å². The molecule has 0 saturated carbocycles. The van der Waals surface area contributed by atoms with Gasteiger partial charge in [0.2, 0.25) is 0 Å². The standard InChI is InChI=1S/C20H35N3O3/c1-5-7-8-9-16(3)23-20(21-6-2)22-15-17-10-11-18(26-13-12-24)19(14-17)25-4/h10-11,14,16,24H,5-9,12-13,15H2,1-4H3,(H2,21,22,23). The zero-order valence-corrected chi connectivity index (χ0v) is 16.7. The molecule has 0 radical (unpaired) electrons. The summed E-state index contributed by atoms with van der Waals surface area (Å²) in [4.78, 5) is 4.68. The van der Waals surface area contributed by atoms with E-state index in [9.17, 15) is 0 Å². The van der Waals surface area contributed by atoms with E-state index in [0.29, 0.717) is 24.1 Å². The van der Waals surface area contributed by atoms with E-state index in [1.54, 1.807) is 7.11 Å². The Kier molecular flexibility index (Phi) is 11.3. The first-order chi connectivity index (χ1) is 12.6. The van der Waals surface area contributed by atoms with Crippen molar-refractivity contribution in [2.24, 2.45) is 4.99 Å². The van der Waals surface area contributed by atoms with Gasteiger partial charge in [-0.05, 0) is 38.0 Å². The lowest BCUT2D eigenvalue weighted by molar-refractivity contribution is 0.196. The summed E-state index contributed by atoms with van der Waals surface area (Å²) in [6.45, 7) is 8.08. The lowest BCUT2D eigenvalue weighted by Gasteiger charge is -2.18. The van der Waals surface area contributed by atoms with Gasteiger partial charge in [0.25, 0.3) is 0 Å². The monoisotopic (exact) mass is 365 g/mol. The third-order valence-corrected chi connectivity index (χ3v) is 3.96. The average molecular weight is 366 g/mol. The van der Waals surface area contributed by atoms with Crippen LogP contribution in [0.1, 0.15) is 52.0 Å². The van der Waals surface area contributed by atoms with Crippen LogP contribution >= 0.6 is 0 Å². The number of ether oxygens (including phenoxy) is 2. The third kappa shape index (κ3) is 8.43. The van der Waals surface area contributed by atoms with E-state index in [1.807, 2.05) is 18.2 Å². The number of methoxy groups -OCH3 is 1. The number of guanidine groups is 1. The Bertz CT molecular complexity index is 535. The molecule has 0 aliphatic rings. The van der Waals surface area contributed by atoms with Crippen LogP contribution in [0.2, 0.25) is 0 Å². The van der Waals surface area contributed by atoms with E-state index in [4.69, 9.17) is 14.6 Å². The number of aliphatic hydroxyl groups is 1. The molecule has 1 rings (SSSR count). The molecule has 1 atom stereocenters. The molecule has 0 bridgehead atoms. The summed E-state index contributed by atoms with van der Waals surface area (Å²) in [5.74, 6) is 2.11. The van der Waals surface area contributed by atoms with Crippen molar-refractivity contribution in [3.8, 4) is 11.5 Å². The first-order valence-corrected chi connectivity index (χ1v) is 9.59. The molecule has 6 nitrogen and oxygen atoms in total. The Balaban J connectivity index is 2.70. The molecule has 0 saturated heterocycles. The quantitative estimate of drug-likeness (QED) is 0.301. The Morgan fingerprint density at radius 1 is 1.23 bits per heavy atom. The smallest absolute Gasteiger partial charge is 0.191 e. The number of aliphatic imine (C=N–C) groups is 1. The molecule has 148 valence electrons. The van der Waals surface area contributed by atoms with Gasteiger partial charge in [0, 0.05) is 12.6 Å². The molecule has 26 heavy (non-hydrogen) atoms. The van der Waals surface area contributed by atoms with Crippen molar-refractivity contribution in [1.82, 2.24) is 10.6 Å². The molecule has 0 heterocycles. The van der Waals surface area contributed by atoms with E-state index in [0.717, 1.165) is 24.5 Å². The summed E-state index contributed by atoms with van der Waals surface area (Å²) in [6.07, 6.45) is 4.88. The lowest BCUT2D eigenvalue weighted by atomic mass is 10.1. The van der Waals surface area contributed by atoms with Gasteiger partial charge >= 0.3 is 0 Å². The Labute approximate surface area is 158 Å². The number of unbranched alkanes of at least 4 members (excludes halogenated alkanes) is 2. The molecule has 6 heteroatoms. The minimum atomic E-state index is -0.0244. The zero-order chi connectivity index (χ0) is 19.2. The van der Waals surface area contributed by atoms with Crippen LogP contribution in [0.5, 0.6) is 11.5 Å². The first kappa shape index (κ1) is 22.1. The van der Waals surface area contributed by atoms with Crippen LogP contribution in [0.25, 0.3) is 0 Å². The maximum absolute atomic E-state index is 8.88. The maximum Gasteiger partial charge on any atom is 0.191 e. The number of hydrogen-bond donors (Lipinski definition) is 3. The summed E-state index contributed by atoms with van der Waals surface area (Å²) < 4.78 is 10.8. The van der Waals surface area contributed by atoms with Gasteiger partial charge in [0.1, 0.15) is 6.61 Å². The van der Waals surface area contributed by atoms with Gasteiger partial charge < -0.3 is 25.2 Å². The van der Waals surface area contributed by atoms with Gasteiger partial charge in [-0.2, -0.15) is 0 Å². The fourth-order valence-electron chi connectivity index (χ4n) is 2.58. The molecule has 0 amide bonds. The van der Waals surface area contributed by atoms with Crippen LogP contribution in [-0.4, -0.2) is 44.0 Å². The van der Waals surface area contributed by atoms with Crippen molar-refractivity contribution < 1.29 is 14.6 Å². The topological polar surface area (TPSA) is 75.1 Å². The van der Waals surface area contributed by atoms with Crippen LogP contribution < -0.4 is 20.1 Å². The number of benzene rings is 1. The zero-order valence-electron chi connectivity index (χ0n) is 16.7. The van der Waals surface area contributed by atoms with Crippen molar-refractivity contribution in [1.29, 1.82) is 0 Å². The van der Waals surface area contributed by atoms with E-state index in [-0.39, 0.29) is 13.2 Å². The van der Waals surface area contributed by atoms with E-state index < -0.39 is 0 Å². The maximum atomic E-state index is 8.88. The highest BCUT2D eigenvalue weighted by atomic mass is 16.5. The van der Waals surface area contributed by atoms with Gasteiger partial charge in [-0.1, -0.05) is 32.3 Å². The van der Waals surface area contributed by atoms with Gasteiger partial charge in [-0.25, -0.2) is 4.99 Å². The largest absolute Gasteiger partial charge is 0.493 e. The Hall–Kier alpha value is -1.95. The third-order valence-electron chi connectivity index (χ3n) is 3.96. The predicted octanol–water partition coefficient (Wildman–Crippen LogP) is 3.09. The summed E-state index contributed by atoms with van der Waals surface area (Å²) in [6, 6.07) is 6.13. The van der Waals surface area contributed by atoms with Crippen molar-refractivity contribution in [3.63, 3.8) is 0 Å². The summed E-state index contributed by atoms with van der Waals surface area (Å²) in [5, 5.41) is 15.7. The van der Waals surface area contributed by atoms with Crippen LogP contribution in [-0.2, 0) is 6.54 Å². The second-order valence-corrected chi connectivity index (χ2v) is 6.29. The van der Waals surface area contributed by atoms with Gasteiger partial charge in [-0.3, -0.25) is 0 Å². The van der Waals surface area contributed by atoms with E-state index in [2.05, 4.69) is 36.4 Å². The van der Waals surface area contributed by atoms with Crippen molar-refractivity contribution in [2.45, 2.75) is 59.0 Å². The molecule has 3 N–H and O–H groups in total. The molecule has 1 aromatic carbocycles. The molecular weight excluding hydrogens is 330 g/mol. The second-order valence-electron chi connectivity index (χ2n) is 6.29. The molecule has 0 fully saturated rings. The molecule has 0 aromatic heterocycles. The van der Waals surface area contributed by atoms with Crippen LogP contribution in [0.4, 0.5) is 0 Å². The molecule has 1 unspecified atom stereocenters. The number of hydrogen-bond acceptors (Lipinski definition) is 4. The molecular formula is C20H35N3O3. The van der Waals surface area contributed by atoms with Gasteiger partial charge in [0.15, 0.2) is 17.5 Å². The molecule has 0 aliphatic heterocycles. The number of nitrogens with one attached hydrogen (secondary N) is 2. The number of nitrogens with zero attached hydrogens (tertiary/aromatic N) is 1. The Morgan fingerprint density at radius 2 is 2.04 bits per heavy atom. The Morgan fingerprint density at radius 3 is 2.69 bits per heavy atom. The number of rotatable bonds is 12. The minimum absolute atomic E-state index is 0.0244. The van der Waals surface area contributed by atoms with Gasteiger partial charge in [0.05, 0.1) is 20.3 Å². The van der Waals surface area contributed by atoms with Crippen molar-refractivity contribution in [3.05, 3.63) is 23.8 Å². The highest BCUT2D eigenvalue weighted by Gasteiger charge is 2.07.